The molecular weight excluding hydrogens is 307 g/mol. The van der Waals surface area contributed by atoms with Crippen LogP contribution in [0.25, 0.3) is 5.69 Å². The molecule has 4 nitrogen and oxygen atoms in total. The monoisotopic (exact) mass is 324 g/mol. The maximum Gasteiger partial charge on any atom is 0.344 e. The van der Waals surface area contributed by atoms with E-state index in [1.807, 2.05) is 39.0 Å². The van der Waals surface area contributed by atoms with E-state index in [1.54, 1.807) is 10.7 Å². The number of benzene rings is 2. The number of aromatic nitrogens is 2. The number of rotatable bonds is 3. The van der Waals surface area contributed by atoms with Gasteiger partial charge in [-0.2, -0.15) is 5.10 Å². The highest BCUT2D eigenvalue weighted by atomic mass is 19.1. The summed E-state index contributed by atoms with van der Waals surface area (Å²) < 4.78 is 20.1. The third-order valence-electron chi connectivity index (χ3n) is 3.66. The molecule has 0 saturated heterocycles. The molecule has 0 aliphatic rings. The van der Waals surface area contributed by atoms with E-state index in [9.17, 15) is 9.18 Å². The van der Waals surface area contributed by atoms with Crippen LogP contribution < -0.4 is 4.74 Å². The molecule has 0 fully saturated rings. The first-order valence-corrected chi connectivity index (χ1v) is 7.56. The summed E-state index contributed by atoms with van der Waals surface area (Å²) in [5.74, 6) is -0.627. The van der Waals surface area contributed by atoms with Gasteiger partial charge in [0, 0.05) is 6.07 Å². The van der Waals surface area contributed by atoms with Crippen molar-refractivity contribution in [2.24, 2.45) is 0 Å². The van der Waals surface area contributed by atoms with Crippen LogP contribution in [0, 0.1) is 26.6 Å². The second kappa shape index (κ2) is 6.28. The SMILES string of the molecule is Cc1ccc(-n2nc(C)cc2OC(=O)c2ccc(F)cc2)c(C)c1. The zero-order valence-corrected chi connectivity index (χ0v) is 13.7. The van der Waals surface area contributed by atoms with Crippen molar-refractivity contribution in [2.45, 2.75) is 20.8 Å². The summed E-state index contributed by atoms with van der Waals surface area (Å²) in [5.41, 5.74) is 4.03. The van der Waals surface area contributed by atoms with Crippen molar-refractivity contribution >= 4 is 5.97 Å². The lowest BCUT2D eigenvalue weighted by atomic mass is 10.1. The summed E-state index contributed by atoms with van der Waals surface area (Å²) in [5, 5.41) is 4.41. The Morgan fingerprint density at radius 3 is 2.42 bits per heavy atom. The molecule has 24 heavy (non-hydrogen) atoms. The average Bonchev–Trinajstić information content (AvgIpc) is 2.88. The zero-order valence-electron chi connectivity index (χ0n) is 13.7. The van der Waals surface area contributed by atoms with Gasteiger partial charge in [-0.3, -0.25) is 0 Å². The van der Waals surface area contributed by atoms with Gasteiger partial charge in [-0.1, -0.05) is 17.7 Å². The number of halogens is 1. The van der Waals surface area contributed by atoms with Crippen LogP contribution in [0.15, 0.2) is 48.5 Å². The number of hydrogen-bond acceptors (Lipinski definition) is 3. The lowest BCUT2D eigenvalue weighted by Gasteiger charge is -2.11. The highest BCUT2D eigenvalue weighted by molar-refractivity contribution is 5.90. The van der Waals surface area contributed by atoms with Crippen molar-refractivity contribution in [1.29, 1.82) is 0 Å². The molecule has 0 saturated carbocycles. The molecule has 5 heteroatoms. The van der Waals surface area contributed by atoms with E-state index in [0.29, 0.717) is 5.88 Å². The van der Waals surface area contributed by atoms with Crippen LogP contribution in [0.4, 0.5) is 4.39 Å². The van der Waals surface area contributed by atoms with Crippen LogP contribution in [0.2, 0.25) is 0 Å². The molecule has 1 heterocycles. The van der Waals surface area contributed by atoms with E-state index in [1.165, 1.54) is 24.3 Å². The molecule has 0 unspecified atom stereocenters. The number of hydrogen-bond donors (Lipinski definition) is 0. The molecule has 1 aromatic heterocycles. The summed E-state index contributed by atoms with van der Waals surface area (Å²) in [6, 6.07) is 12.9. The molecular formula is C19H17FN2O2. The summed E-state index contributed by atoms with van der Waals surface area (Å²) in [6.07, 6.45) is 0. The summed E-state index contributed by atoms with van der Waals surface area (Å²) in [4.78, 5) is 12.3. The highest BCUT2D eigenvalue weighted by Gasteiger charge is 2.16. The second-order valence-electron chi connectivity index (χ2n) is 5.72. The van der Waals surface area contributed by atoms with Crippen LogP contribution >= 0.6 is 0 Å². The predicted molar refractivity (Wildman–Crippen MR) is 89.1 cm³/mol. The first kappa shape index (κ1) is 15.9. The Kier molecular flexibility index (Phi) is 4.16. The predicted octanol–water partition coefficient (Wildman–Crippen LogP) is 4.16. The molecule has 0 bridgehead atoms. The first-order chi connectivity index (χ1) is 11.4. The zero-order chi connectivity index (χ0) is 17.3. The number of esters is 1. The minimum Gasteiger partial charge on any atom is -0.404 e. The van der Waals surface area contributed by atoms with Gasteiger partial charge in [-0.25, -0.2) is 13.9 Å². The topological polar surface area (TPSA) is 44.1 Å². The molecule has 0 radical (unpaired) electrons. The Hall–Kier alpha value is -2.95. The van der Waals surface area contributed by atoms with Gasteiger partial charge >= 0.3 is 5.97 Å². The maximum absolute atomic E-state index is 13.0. The Balaban J connectivity index is 1.94. The van der Waals surface area contributed by atoms with E-state index < -0.39 is 11.8 Å². The van der Waals surface area contributed by atoms with Crippen LogP contribution in [-0.4, -0.2) is 15.7 Å². The summed E-state index contributed by atoms with van der Waals surface area (Å²) in [6.45, 7) is 5.82. The van der Waals surface area contributed by atoms with Gasteiger partial charge in [0.15, 0.2) is 0 Å². The second-order valence-corrected chi connectivity index (χ2v) is 5.72. The normalized spacial score (nSPS) is 10.7. The molecule has 0 aliphatic carbocycles. The van der Waals surface area contributed by atoms with Gasteiger partial charge in [0.1, 0.15) is 5.82 Å². The van der Waals surface area contributed by atoms with Gasteiger partial charge < -0.3 is 4.74 Å². The van der Waals surface area contributed by atoms with E-state index in [0.717, 1.165) is 22.5 Å². The number of ether oxygens (including phenoxy) is 1. The van der Waals surface area contributed by atoms with Crippen molar-refractivity contribution < 1.29 is 13.9 Å². The average molecular weight is 324 g/mol. The van der Waals surface area contributed by atoms with Gasteiger partial charge in [0.25, 0.3) is 0 Å². The number of carbonyl (C=O) groups is 1. The lowest BCUT2D eigenvalue weighted by Crippen LogP contribution is -2.12. The number of aryl methyl sites for hydroxylation is 3. The van der Waals surface area contributed by atoms with Crippen LogP contribution in [0.3, 0.4) is 0 Å². The van der Waals surface area contributed by atoms with Gasteiger partial charge in [-0.05, 0) is 56.7 Å². The highest BCUT2D eigenvalue weighted by Crippen LogP contribution is 2.23. The molecule has 0 atom stereocenters. The Bertz CT molecular complexity index is 898. The number of carbonyl (C=O) groups excluding carboxylic acids is 1. The van der Waals surface area contributed by atoms with E-state index in [-0.39, 0.29) is 5.56 Å². The molecule has 0 spiro atoms. The van der Waals surface area contributed by atoms with E-state index in [4.69, 9.17) is 4.74 Å². The standard InChI is InChI=1S/C19H17FN2O2/c1-12-4-9-17(13(2)10-12)22-18(11-14(3)21-22)24-19(23)15-5-7-16(20)8-6-15/h4-11H,1-3H3. The third-order valence-corrected chi connectivity index (χ3v) is 3.66. The van der Waals surface area contributed by atoms with Crippen molar-refractivity contribution in [3.05, 3.63) is 76.7 Å². The van der Waals surface area contributed by atoms with Crippen LogP contribution in [0.1, 0.15) is 27.2 Å². The quantitative estimate of drug-likeness (QED) is 0.680. The number of nitrogens with zero attached hydrogens (tertiary/aromatic N) is 2. The summed E-state index contributed by atoms with van der Waals surface area (Å²) in [7, 11) is 0. The Morgan fingerprint density at radius 1 is 1.04 bits per heavy atom. The molecule has 3 aromatic rings. The molecule has 3 rings (SSSR count). The fourth-order valence-corrected chi connectivity index (χ4v) is 2.50. The molecule has 122 valence electrons. The van der Waals surface area contributed by atoms with Crippen molar-refractivity contribution in [2.75, 3.05) is 0 Å². The minimum absolute atomic E-state index is 0.280. The molecule has 2 aromatic carbocycles. The smallest absolute Gasteiger partial charge is 0.344 e. The third kappa shape index (κ3) is 3.20. The van der Waals surface area contributed by atoms with Crippen LogP contribution in [-0.2, 0) is 0 Å². The molecule has 0 aliphatic heterocycles. The summed E-state index contributed by atoms with van der Waals surface area (Å²) >= 11 is 0. The Labute approximate surface area is 139 Å². The molecule has 0 N–H and O–H groups in total. The first-order valence-electron chi connectivity index (χ1n) is 7.56. The van der Waals surface area contributed by atoms with Crippen molar-refractivity contribution in [1.82, 2.24) is 9.78 Å². The molecule has 0 amide bonds. The fourth-order valence-electron chi connectivity index (χ4n) is 2.50. The fraction of sp³-hybridized carbons (Fsp3) is 0.158. The van der Waals surface area contributed by atoms with Gasteiger partial charge in [0.05, 0.1) is 16.9 Å². The van der Waals surface area contributed by atoms with E-state index >= 15 is 0 Å². The van der Waals surface area contributed by atoms with Crippen molar-refractivity contribution in [3.8, 4) is 11.6 Å². The largest absolute Gasteiger partial charge is 0.404 e. The van der Waals surface area contributed by atoms with Crippen molar-refractivity contribution in [3.63, 3.8) is 0 Å². The van der Waals surface area contributed by atoms with Crippen LogP contribution in [0.5, 0.6) is 5.88 Å². The lowest BCUT2D eigenvalue weighted by molar-refractivity contribution is 0.0723. The van der Waals surface area contributed by atoms with E-state index in [2.05, 4.69) is 5.10 Å². The Morgan fingerprint density at radius 2 is 1.75 bits per heavy atom. The van der Waals surface area contributed by atoms with Gasteiger partial charge in [-0.15, -0.1) is 0 Å². The van der Waals surface area contributed by atoms with Gasteiger partial charge in [0.2, 0.25) is 5.88 Å². The maximum atomic E-state index is 13.0. The minimum atomic E-state index is -0.555.